The molecule has 1 amide bonds. The second-order valence-corrected chi connectivity index (χ2v) is 13.2. The van der Waals surface area contributed by atoms with E-state index in [1.54, 1.807) is 18.2 Å². The van der Waals surface area contributed by atoms with Crippen molar-refractivity contribution in [2.24, 2.45) is 0 Å². The van der Waals surface area contributed by atoms with Crippen molar-refractivity contribution in [3.8, 4) is 0 Å². The highest BCUT2D eigenvalue weighted by molar-refractivity contribution is 7.89. The fraction of sp³-hybridized carbons (Fsp3) is 0.387. The number of benzene rings is 3. The molecule has 6 nitrogen and oxygen atoms in total. The zero-order valence-electron chi connectivity index (χ0n) is 23.1. The van der Waals surface area contributed by atoms with Crippen molar-refractivity contribution in [2.45, 2.75) is 64.6 Å². The fourth-order valence-electron chi connectivity index (χ4n) is 4.82. The zero-order valence-corrected chi connectivity index (χ0v) is 23.9. The summed E-state index contributed by atoms with van der Waals surface area (Å²) in [6.45, 7) is 13.4. The van der Waals surface area contributed by atoms with E-state index in [-0.39, 0.29) is 11.4 Å². The smallest absolute Gasteiger partial charge is 0.251 e. The Morgan fingerprint density at radius 3 is 2.37 bits per heavy atom. The van der Waals surface area contributed by atoms with Crippen molar-refractivity contribution in [1.29, 1.82) is 0 Å². The Morgan fingerprint density at radius 2 is 1.68 bits per heavy atom. The molecular formula is C31H39N3O3S. The Balaban J connectivity index is 1.37. The van der Waals surface area contributed by atoms with Gasteiger partial charge in [-0.15, -0.1) is 0 Å². The second kappa shape index (κ2) is 11.4. The first-order chi connectivity index (χ1) is 17.9. The number of carbonyl (C=O) groups excluding carboxylic acids is 1. The van der Waals surface area contributed by atoms with Crippen LogP contribution in [0.1, 0.15) is 58.9 Å². The molecule has 0 unspecified atom stereocenters. The average molecular weight is 534 g/mol. The van der Waals surface area contributed by atoms with Gasteiger partial charge in [-0.2, -0.15) is 4.31 Å². The number of aryl methyl sites for hydroxylation is 2. The van der Waals surface area contributed by atoms with Crippen molar-refractivity contribution in [1.82, 2.24) is 14.5 Å². The molecule has 38 heavy (non-hydrogen) atoms. The summed E-state index contributed by atoms with van der Waals surface area (Å²) in [5.41, 5.74) is 6.08. The molecule has 0 aliphatic carbocycles. The van der Waals surface area contributed by atoms with Gasteiger partial charge in [0.15, 0.2) is 0 Å². The molecule has 7 heteroatoms. The van der Waals surface area contributed by atoms with Gasteiger partial charge in [-0.05, 0) is 82.0 Å². The number of hydrogen-bond donors (Lipinski definition) is 1. The van der Waals surface area contributed by atoms with E-state index in [1.165, 1.54) is 15.4 Å². The molecular weight excluding hydrogens is 494 g/mol. The molecule has 1 aliphatic heterocycles. The maximum atomic E-state index is 13.1. The van der Waals surface area contributed by atoms with E-state index in [4.69, 9.17) is 0 Å². The van der Waals surface area contributed by atoms with Crippen LogP contribution in [0.3, 0.4) is 0 Å². The molecule has 0 bridgehead atoms. The minimum atomic E-state index is -3.56. The summed E-state index contributed by atoms with van der Waals surface area (Å²) in [4.78, 5) is 15.7. The third-order valence-electron chi connectivity index (χ3n) is 7.18. The summed E-state index contributed by atoms with van der Waals surface area (Å²) in [5, 5.41) is 3.08. The van der Waals surface area contributed by atoms with Crippen LogP contribution in [0.4, 0.5) is 0 Å². The molecule has 0 radical (unpaired) electrons. The van der Waals surface area contributed by atoms with Crippen molar-refractivity contribution >= 4 is 15.9 Å². The number of nitrogens with zero attached hydrogens (tertiary/aromatic N) is 2. The predicted octanol–water partition coefficient (Wildman–Crippen LogP) is 5.08. The van der Waals surface area contributed by atoms with Crippen molar-refractivity contribution in [2.75, 3.05) is 19.6 Å². The van der Waals surface area contributed by atoms with Crippen molar-refractivity contribution < 1.29 is 13.2 Å². The SMILES string of the molecule is Cc1ccc(S(=O)(=O)N2CCc3cc(C(=O)NCCN(Cc4cccc(C)c4)C(C)(C)C)ccc3C2)cc1. The molecule has 1 aliphatic rings. The highest BCUT2D eigenvalue weighted by Crippen LogP contribution is 2.26. The third-order valence-corrected chi connectivity index (χ3v) is 9.04. The monoisotopic (exact) mass is 533 g/mol. The van der Waals surface area contributed by atoms with Crippen LogP contribution >= 0.6 is 0 Å². The van der Waals surface area contributed by atoms with E-state index in [1.807, 2.05) is 31.2 Å². The molecule has 0 saturated carbocycles. The van der Waals surface area contributed by atoms with Gasteiger partial charge in [0, 0.05) is 43.8 Å². The molecule has 0 fully saturated rings. The van der Waals surface area contributed by atoms with Crippen LogP contribution in [-0.4, -0.2) is 48.7 Å². The van der Waals surface area contributed by atoms with Gasteiger partial charge in [-0.25, -0.2) is 8.42 Å². The molecule has 4 rings (SSSR count). The van der Waals surface area contributed by atoms with E-state index >= 15 is 0 Å². The largest absolute Gasteiger partial charge is 0.351 e. The quantitative estimate of drug-likeness (QED) is 0.438. The summed E-state index contributed by atoms with van der Waals surface area (Å²) in [6.07, 6.45) is 0.579. The molecule has 0 aromatic heterocycles. The van der Waals surface area contributed by atoms with Crippen molar-refractivity contribution in [3.63, 3.8) is 0 Å². The predicted molar refractivity (Wildman–Crippen MR) is 153 cm³/mol. The minimum Gasteiger partial charge on any atom is -0.351 e. The summed E-state index contributed by atoms with van der Waals surface area (Å²) in [7, 11) is -3.56. The highest BCUT2D eigenvalue weighted by atomic mass is 32.2. The van der Waals surface area contributed by atoms with Gasteiger partial charge < -0.3 is 5.32 Å². The van der Waals surface area contributed by atoms with E-state index in [2.05, 4.69) is 62.2 Å². The number of fused-ring (bicyclic) bond motifs is 1. The highest BCUT2D eigenvalue weighted by Gasteiger charge is 2.29. The van der Waals surface area contributed by atoms with Crippen LogP contribution in [0.15, 0.2) is 71.6 Å². The summed E-state index contributed by atoms with van der Waals surface area (Å²) in [5.74, 6) is -0.105. The van der Waals surface area contributed by atoms with Crippen molar-refractivity contribution in [3.05, 3.63) is 100 Å². The fourth-order valence-corrected chi connectivity index (χ4v) is 6.24. The van der Waals surface area contributed by atoms with Crippen LogP contribution in [0, 0.1) is 13.8 Å². The van der Waals surface area contributed by atoms with Crippen LogP contribution in [0.5, 0.6) is 0 Å². The molecule has 1 N–H and O–H groups in total. The van der Waals surface area contributed by atoms with Gasteiger partial charge in [-0.3, -0.25) is 9.69 Å². The minimum absolute atomic E-state index is 0.0366. The maximum Gasteiger partial charge on any atom is 0.251 e. The molecule has 3 aromatic rings. The number of sulfonamides is 1. The lowest BCUT2D eigenvalue weighted by Gasteiger charge is -2.36. The Kier molecular flexibility index (Phi) is 8.40. The van der Waals surface area contributed by atoms with Gasteiger partial charge in [-0.1, -0.05) is 53.6 Å². The Bertz CT molecular complexity index is 1390. The van der Waals surface area contributed by atoms with E-state index in [9.17, 15) is 13.2 Å². The molecule has 3 aromatic carbocycles. The van der Waals surface area contributed by atoms with E-state index < -0.39 is 10.0 Å². The molecule has 1 heterocycles. The number of rotatable bonds is 8. The second-order valence-electron chi connectivity index (χ2n) is 11.2. The molecule has 202 valence electrons. The topological polar surface area (TPSA) is 69.7 Å². The van der Waals surface area contributed by atoms with E-state index in [0.717, 1.165) is 29.8 Å². The Morgan fingerprint density at radius 1 is 0.947 bits per heavy atom. The van der Waals surface area contributed by atoms with Gasteiger partial charge in [0.05, 0.1) is 4.90 Å². The summed E-state index contributed by atoms with van der Waals surface area (Å²) in [6, 6.07) is 21.1. The van der Waals surface area contributed by atoms with Crippen LogP contribution in [0.25, 0.3) is 0 Å². The summed E-state index contributed by atoms with van der Waals surface area (Å²) >= 11 is 0. The Labute approximate surface area is 227 Å². The standard InChI is InChI=1S/C31H39N3O3S/c1-23-9-13-29(14-10-23)38(36,37)34-17-15-26-20-27(11-12-28(26)22-34)30(35)32-16-18-33(31(3,4)5)21-25-8-6-7-24(2)19-25/h6-14,19-20H,15-18,21-22H2,1-5H3,(H,32,35). The lowest BCUT2D eigenvalue weighted by atomic mass is 9.98. The molecule has 0 saturated heterocycles. The lowest BCUT2D eigenvalue weighted by molar-refractivity contribution is 0.0921. The number of amides is 1. The first-order valence-corrected chi connectivity index (χ1v) is 14.6. The maximum absolute atomic E-state index is 13.1. The van der Waals surface area contributed by atoms with Crippen LogP contribution in [-0.2, 0) is 29.5 Å². The van der Waals surface area contributed by atoms with Crippen LogP contribution < -0.4 is 5.32 Å². The van der Waals surface area contributed by atoms with Gasteiger partial charge >= 0.3 is 0 Å². The van der Waals surface area contributed by atoms with Gasteiger partial charge in [0.25, 0.3) is 5.91 Å². The average Bonchev–Trinajstić information content (AvgIpc) is 2.87. The number of carbonyl (C=O) groups is 1. The van der Waals surface area contributed by atoms with Gasteiger partial charge in [0.1, 0.15) is 0 Å². The first-order valence-electron chi connectivity index (χ1n) is 13.2. The number of hydrogen-bond acceptors (Lipinski definition) is 4. The Hall–Kier alpha value is -3.00. The number of nitrogens with one attached hydrogen (secondary N) is 1. The van der Waals surface area contributed by atoms with Gasteiger partial charge in [0.2, 0.25) is 10.0 Å². The van der Waals surface area contributed by atoms with E-state index in [0.29, 0.717) is 36.5 Å². The first kappa shape index (κ1) is 28.0. The lowest BCUT2D eigenvalue weighted by Crippen LogP contribution is -2.45. The molecule has 0 atom stereocenters. The third kappa shape index (κ3) is 6.70. The summed E-state index contributed by atoms with van der Waals surface area (Å²) < 4.78 is 27.8. The zero-order chi connectivity index (χ0) is 27.5. The molecule has 0 spiro atoms. The normalized spacial score (nSPS) is 14.4. The van der Waals surface area contributed by atoms with Crippen LogP contribution in [0.2, 0.25) is 0 Å².